The fourth-order valence-electron chi connectivity index (χ4n) is 1.37. The van der Waals surface area contributed by atoms with E-state index >= 15 is 0 Å². The van der Waals surface area contributed by atoms with Gasteiger partial charge in [-0.2, -0.15) is 4.57 Å². The zero-order chi connectivity index (χ0) is 17.2. The smallest absolute Gasteiger partial charge is 0.388 e. The highest BCUT2D eigenvalue weighted by Gasteiger charge is 2.38. The van der Waals surface area contributed by atoms with Crippen molar-refractivity contribution in [1.82, 2.24) is 0 Å². The van der Waals surface area contributed by atoms with E-state index in [4.69, 9.17) is 28.1 Å². The van der Waals surface area contributed by atoms with Crippen LogP contribution in [0, 0.1) is 10.2 Å². The maximum Gasteiger partial charge on any atom is 0.388 e. The van der Waals surface area contributed by atoms with Crippen molar-refractivity contribution in [3.63, 3.8) is 0 Å². The molecular weight excluding hydrogens is 322 g/mol. The Morgan fingerprint density at radius 3 is 1.64 bits per heavy atom. The summed E-state index contributed by atoms with van der Waals surface area (Å²) in [7, 11) is -4.94. The molecule has 0 aromatic carbocycles. The molecule has 0 spiro atoms. The summed E-state index contributed by atoms with van der Waals surface area (Å²) < 4.78 is 45.2. The Labute approximate surface area is 129 Å². The van der Waals surface area contributed by atoms with Crippen molar-refractivity contribution in [2.45, 2.75) is 19.9 Å². The van der Waals surface area contributed by atoms with Gasteiger partial charge in [-0.1, -0.05) is 6.07 Å². The molecule has 1 rings (SSSR count). The Hall–Kier alpha value is -1.78. The molecule has 0 fully saturated rings. The highest BCUT2D eigenvalue weighted by Crippen LogP contribution is 2.03. The van der Waals surface area contributed by atoms with Gasteiger partial charge in [-0.25, -0.2) is 28.2 Å². The second-order valence-electron chi connectivity index (χ2n) is 3.61. The van der Waals surface area contributed by atoms with Crippen molar-refractivity contribution in [1.29, 1.82) is 0 Å². The first-order chi connectivity index (χ1) is 10.2. The second-order valence-corrected chi connectivity index (χ2v) is 4.36. The minimum absolute atomic E-state index is 0.224. The minimum Gasteiger partial charge on any atom is -0.461 e. The molecule has 0 N–H and O–H groups in total. The van der Waals surface area contributed by atoms with Gasteiger partial charge in [-0.15, -0.1) is 10.2 Å². The molecule has 0 aliphatic carbocycles. The first-order valence-corrected chi connectivity index (χ1v) is 7.34. The number of carbonyl (C=O) groups excluding carboxylic acids is 2. The SMILES string of the molecule is CCOC(=O)C(C(=O)OCC)[n+]1ccccc1.[O-][Cl+3]([O-])([O-])[O-]. The van der Waals surface area contributed by atoms with Crippen LogP contribution >= 0.6 is 0 Å². The summed E-state index contributed by atoms with van der Waals surface area (Å²) in [6, 6.07) is 4.18. The van der Waals surface area contributed by atoms with Gasteiger partial charge in [0.1, 0.15) is 0 Å². The zero-order valence-electron chi connectivity index (χ0n) is 12.0. The van der Waals surface area contributed by atoms with E-state index < -0.39 is 28.2 Å². The van der Waals surface area contributed by atoms with Crippen molar-refractivity contribution in [2.24, 2.45) is 0 Å². The molecule has 1 aromatic rings. The van der Waals surface area contributed by atoms with Crippen LogP contribution in [0.1, 0.15) is 19.9 Å². The van der Waals surface area contributed by atoms with E-state index in [2.05, 4.69) is 0 Å². The number of esters is 2. The van der Waals surface area contributed by atoms with Crippen molar-refractivity contribution in [3.05, 3.63) is 30.6 Å². The van der Waals surface area contributed by atoms with Crippen LogP contribution in [0.3, 0.4) is 0 Å². The third-order valence-corrected chi connectivity index (χ3v) is 2.06. The van der Waals surface area contributed by atoms with E-state index in [0.29, 0.717) is 0 Å². The first kappa shape index (κ1) is 20.2. The molecule has 124 valence electrons. The first-order valence-electron chi connectivity index (χ1n) is 6.11. The quantitative estimate of drug-likeness (QED) is 0.299. The number of carbonyl (C=O) groups is 2. The molecule has 1 aromatic heterocycles. The topological polar surface area (TPSA) is 149 Å². The predicted octanol–water partition coefficient (Wildman–Crippen LogP) is -4.11. The predicted molar refractivity (Wildman–Crippen MR) is 58.9 cm³/mol. The summed E-state index contributed by atoms with van der Waals surface area (Å²) in [6.45, 7) is 3.83. The number of ether oxygens (including phenoxy) is 2. The minimum atomic E-state index is -4.94. The summed E-state index contributed by atoms with van der Waals surface area (Å²) >= 11 is 0. The lowest BCUT2D eigenvalue weighted by atomic mass is 10.3. The number of halogens is 1. The molecule has 0 amide bonds. The van der Waals surface area contributed by atoms with E-state index in [-0.39, 0.29) is 13.2 Å². The van der Waals surface area contributed by atoms with Crippen molar-refractivity contribution in [2.75, 3.05) is 13.2 Å². The van der Waals surface area contributed by atoms with E-state index in [1.807, 2.05) is 0 Å². The fourth-order valence-corrected chi connectivity index (χ4v) is 1.37. The maximum absolute atomic E-state index is 11.7. The van der Waals surface area contributed by atoms with Gasteiger partial charge in [-0.3, -0.25) is 0 Å². The molecule has 9 nitrogen and oxygen atoms in total. The monoisotopic (exact) mass is 337 g/mol. The molecular formula is C12H16ClNO8. The summed E-state index contributed by atoms with van der Waals surface area (Å²) in [4.78, 5) is 23.4. The molecule has 22 heavy (non-hydrogen) atoms. The number of nitrogens with zero attached hydrogens (tertiary/aromatic N) is 1. The molecule has 0 radical (unpaired) electrons. The van der Waals surface area contributed by atoms with Gasteiger partial charge in [0.2, 0.25) is 0 Å². The molecule has 0 aliphatic rings. The van der Waals surface area contributed by atoms with Gasteiger partial charge in [-0.05, 0) is 13.8 Å². The van der Waals surface area contributed by atoms with Crippen molar-refractivity contribution >= 4 is 11.9 Å². The summed E-state index contributed by atoms with van der Waals surface area (Å²) in [5.41, 5.74) is 0. The van der Waals surface area contributed by atoms with Gasteiger partial charge >= 0.3 is 18.0 Å². The number of pyridine rings is 1. The van der Waals surface area contributed by atoms with Crippen LogP contribution in [0.25, 0.3) is 0 Å². The Morgan fingerprint density at radius 2 is 1.32 bits per heavy atom. The van der Waals surface area contributed by atoms with Gasteiger partial charge < -0.3 is 9.47 Å². The molecule has 10 heteroatoms. The molecule has 0 bridgehead atoms. The Balaban J connectivity index is 0.000000763. The second kappa shape index (κ2) is 10.0. The van der Waals surface area contributed by atoms with Crippen LogP contribution in [0.4, 0.5) is 0 Å². The fraction of sp³-hybridized carbons (Fsp3) is 0.417. The molecule has 0 aliphatic heterocycles. The summed E-state index contributed by atoms with van der Waals surface area (Å²) in [6.07, 6.45) is 3.25. The van der Waals surface area contributed by atoms with E-state index in [0.717, 1.165) is 0 Å². The van der Waals surface area contributed by atoms with E-state index in [1.54, 1.807) is 44.4 Å². The van der Waals surface area contributed by atoms with Crippen LogP contribution in [-0.2, 0) is 19.1 Å². The average Bonchev–Trinajstić information content (AvgIpc) is 2.39. The van der Waals surface area contributed by atoms with Gasteiger partial charge in [0.05, 0.1) is 13.2 Å². The number of aromatic nitrogens is 1. The molecule has 0 atom stereocenters. The van der Waals surface area contributed by atoms with Crippen LogP contribution in [-0.4, -0.2) is 25.2 Å². The lowest BCUT2D eigenvalue weighted by molar-refractivity contribution is -2.00. The number of rotatable bonds is 5. The number of hydrogen-bond acceptors (Lipinski definition) is 8. The lowest BCUT2D eigenvalue weighted by Gasteiger charge is -2.17. The van der Waals surface area contributed by atoms with Crippen LogP contribution < -0.4 is 23.2 Å². The molecule has 0 saturated heterocycles. The van der Waals surface area contributed by atoms with Gasteiger partial charge in [0.25, 0.3) is 0 Å². The van der Waals surface area contributed by atoms with Gasteiger partial charge in [0.15, 0.2) is 12.4 Å². The Kier molecular flexibility index (Phi) is 9.22. The van der Waals surface area contributed by atoms with Crippen molar-refractivity contribution in [3.8, 4) is 0 Å². The van der Waals surface area contributed by atoms with Crippen LogP contribution in [0.15, 0.2) is 30.6 Å². The molecule has 1 heterocycles. The normalized spacial score (nSPS) is 10.5. The zero-order valence-corrected chi connectivity index (χ0v) is 12.7. The van der Waals surface area contributed by atoms with E-state index in [1.165, 1.54) is 4.57 Å². The van der Waals surface area contributed by atoms with Gasteiger partial charge in [0, 0.05) is 12.1 Å². The average molecular weight is 338 g/mol. The van der Waals surface area contributed by atoms with Crippen LogP contribution in [0.2, 0.25) is 0 Å². The summed E-state index contributed by atoms with van der Waals surface area (Å²) in [5.74, 6) is -1.22. The molecule has 0 saturated carbocycles. The third-order valence-electron chi connectivity index (χ3n) is 2.06. The number of hydrogen-bond donors (Lipinski definition) is 0. The highest BCUT2D eigenvalue weighted by molar-refractivity contribution is 5.95. The Morgan fingerprint density at radius 1 is 0.955 bits per heavy atom. The van der Waals surface area contributed by atoms with Crippen molar-refractivity contribution < 1.29 is 52.5 Å². The highest BCUT2D eigenvalue weighted by atomic mass is 35.7. The lowest BCUT2D eigenvalue weighted by Crippen LogP contribution is -2.68. The Bertz CT molecular complexity index is 438. The summed E-state index contributed by atoms with van der Waals surface area (Å²) in [5, 5.41) is 0. The largest absolute Gasteiger partial charge is 0.461 e. The maximum atomic E-state index is 11.7. The van der Waals surface area contributed by atoms with Crippen LogP contribution in [0.5, 0.6) is 0 Å². The standard InChI is InChI=1S/C12H16NO4.ClHO4/c1-3-16-11(14)10(12(15)17-4-2)13-8-6-5-7-9-13;2-1(3,4)5/h5-10H,3-4H2,1-2H3;(H,2,3,4,5)/q+1;/p-1. The molecule has 0 unspecified atom stereocenters. The third kappa shape index (κ3) is 9.21. The van der Waals surface area contributed by atoms with E-state index in [9.17, 15) is 9.59 Å².